The van der Waals surface area contributed by atoms with Gasteiger partial charge in [0.25, 0.3) is 0 Å². The summed E-state index contributed by atoms with van der Waals surface area (Å²) in [4.78, 5) is 1.13. The van der Waals surface area contributed by atoms with Crippen molar-refractivity contribution in [2.45, 2.75) is 4.90 Å². The lowest BCUT2D eigenvalue weighted by atomic mass is 10.3. The number of nitrogens with two attached hydrogens (primary N) is 1. The van der Waals surface area contributed by atoms with Gasteiger partial charge in [0.2, 0.25) is 0 Å². The molecule has 0 unspecified atom stereocenters. The quantitative estimate of drug-likeness (QED) is 0.498. The van der Waals surface area contributed by atoms with Crippen molar-refractivity contribution in [3.8, 4) is 11.5 Å². The van der Waals surface area contributed by atoms with E-state index in [9.17, 15) is 0 Å². The molecule has 0 heterocycles. The van der Waals surface area contributed by atoms with Gasteiger partial charge in [-0.05, 0) is 24.3 Å². The first-order chi connectivity index (χ1) is 9.29. The average Bonchev–Trinajstić information content (AvgIpc) is 2.44. The van der Waals surface area contributed by atoms with Crippen LogP contribution in [0.4, 0.5) is 5.69 Å². The molecular weight excluding hydrogens is 258 g/mol. The number of ether oxygens (including phenoxy) is 2. The summed E-state index contributed by atoms with van der Waals surface area (Å²) in [5.41, 5.74) is 6.41. The highest BCUT2D eigenvalue weighted by Crippen LogP contribution is 2.28. The topological polar surface area (TPSA) is 44.5 Å². The van der Waals surface area contributed by atoms with Crippen molar-refractivity contribution in [3.63, 3.8) is 0 Å². The lowest BCUT2D eigenvalue weighted by Crippen LogP contribution is -2.00. The highest BCUT2D eigenvalue weighted by molar-refractivity contribution is 7.99. The summed E-state index contributed by atoms with van der Waals surface area (Å²) in [6.45, 7) is 0.631. The fraction of sp³-hybridized carbons (Fsp3) is 0.200. The van der Waals surface area contributed by atoms with Crippen LogP contribution in [0, 0.1) is 0 Å². The molecule has 3 nitrogen and oxygen atoms in total. The molecule has 0 aliphatic heterocycles. The van der Waals surface area contributed by atoms with Crippen LogP contribution in [0.1, 0.15) is 0 Å². The molecule has 0 saturated carbocycles. The van der Waals surface area contributed by atoms with Crippen molar-refractivity contribution in [2.24, 2.45) is 0 Å². The molecule has 0 aliphatic rings. The van der Waals surface area contributed by atoms with E-state index in [0.717, 1.165) is 27.8 Å². The molecule has 0 bridgehead atoms. The van der Waals surface area contributed by atoms with Gasteiger partial charge in [0.05, 0.1) is 13.7 Å². The van der Waals surface area contributed by atoms with Gasteiger partial charge in [-0.2, -0.15) is 0 Å². The van der Waals surface area contributed by atoms with Gasteiger partial charge in [-0.1, -0.05) is 18.2 Å². The summed E-state index contributed by atoms with van der Waals surface area (Å²) < 4.78 is 10.9. The normalized spacial score (nSPS) is 10.2. The fourth-order valence-corrected chi connectivity index (χ4v) is 2.51. The highest BCUT2D eigenvalue weighted by Gasteiger charge is 2.02. The maximum atomic E-state index is 5.69. The largest absolute Gasteiger partial charge is 0.496 e. The fourth-order valence-electron chi connectivity index (χ4n) is 1.65. The number of benzene rings is 2. The van der Waals surface area contributed by atoms with Crippen LogP contribution in [0.2, 0.25) is 0 Å². The summed E-state index contributed by atoms with van der Waals surface area (Å²) in [6.07, 6.45) is 0. The predicted octanol–water partition coefficient (Wildman–Crippen LogP) is 3.45. The van der Waals surface area contributed by atoms with Crippen molar-refractivity contribution < 1.29 is 9.47 Å². The van der Waals surface area contributed by atoms with E-state index >= 15 is 0 Å². The standard InChI is InChI=1S/C15H17NO2S/c1-17-14-7-2-3-8-15(14)19-10-9-18-13-6-4-5-12(16)11-13/h2-8,11H,9-10,16H2,1H3. The highest BCUT2D eigenvalue weighted by atomic mass is 32.2. The number of hydrogen-bond acceptors (Lipinski definition) is 4. The van der Waals surface area contributed by atoms with E-state index in [4.69, 9.17) is 15.2 Å². The Morgan fingerprint density at radius 1 is 1.11 bits per heavy atom. The molecule has 0 aliphatic carbocycles. The molecule has 100 valence electrons. The summed E-state index contributed by atoms with van der Waals surface area (Å²) in [7, 11) is 1.68. The first-order valence-corrected chi connectivity index (χ1v) is 7.02. The Labute approximate surface area is 117 Å². The van der Waals surface area contributed by atoms with E-state index in [2.05, 4.69) is 0 Å². The van der Waals surface area contributed by atoms with Crippen molar-refractivity contribution in [2.75, 3.05) is 25.2 Å². The van der Waals surface area contributed by atoms with Gasteiger partial charge < -0.3 is 15.2 Å². The number of anilines is 1. The molecule has 0 amide bonds. The summed E-state index contributed by atoms with van der Waals surface area (Å²) in [5.74, 6) is 2.56. The van der Waals surface area contributed by atoms with E-state index in [1.807, 2.05) is 48.5 Å². The van der Waals surface area contributed by atoms with Crippen molar-refractivity contribution in [1.82, 2.24) is 0 Å². The molecule has 0 atom stereocenters. The Morgan fingerprint density at radius 2 is 1.95 bits per heavy atom. The zero-order valence-electron chi connectivity index (χ0n) is 10.8. The van der Waals surface area contributed by atoms with Crippen LogP contribution in [0.5, 0.6) is 11.5 Å². The van der Waals surface area contributed by atoms with Gasteiger partial charge >= 0.3 is 0 Å². The van der Waals surface area contributed by atoms with Gasteiger partial charge in [0.1, 0.15) is 11.5 Å². The minimum atomic E-state index is 0.631. The molecule has 2 N–H and O–H groups in total. The van der Waals surface area contributed by atoms with Crippen LogP contribution in [-0.4, -0.2) is 19.5 Å². The Balaban J connectivity index is 1.81. The SMILES string of the molecule is COc1ccccc1SCCOc1cccc(N)c1. The molecule has 19 heavy (non-hydrogen) atoms. The van der Waals surface area contributed by atoms with Gasteiger partial charge in [-0.15, -0.1) is 11.8 Å². The van der Waals surface area contributed by atoms with Crippen molar-refractivity contribution in [1.29, 1.82) is 0 Å². The third-order valence-electron chi connectivity index (χ3n) is 2.54. The smallest absolute Gasteiger partial charge is 0.132 e. The lowest BCUT2D eigenvalue weighted by Gasteiger charge is -2.09. The first-order valence-electron chi connectivity index (χ1n) is 6.04. The first kappa shape index (κ1) is 13.6. The number of nitrogen functional groups attached to an aromatic ring is 1. The Hall–Kier alpha value is -1.81. The zero-order valence-corrected chi connectivity index (χ0v) is 11.7. The molecule has 0 radical (unpaired) electrons. The molecule has 2 aromatic rings. The monoisotopic (exact) mass is 275 g/mol. The van der Waals surface area contributed by atoms with Crippen LogP contribution >= 0.6 is 11.8 Å². The molecule has 0 fully saturated rings. The van der Waals surface area contributed by atoms with Crippen molar-refractivity contribution >= 4 is 17.4 Å². The minimum absolute atomic E-state index is 0.631. The molecule has 0 aromatic heterocycles. The molecule has 0 spiro atoms. The van der Waals surface area contributed by atoms with Crippen LogP contribution in [-0.2, 0) is 0 Å². The Morgan fingerprint density at radius 3 is 2.74 bits per heavy atom. The average molecular weight is 275 g/mol. The third kappa shape index (κ3) is 4.10. The number of methoxy groups -OCH3 is 1. The lowest BCUT2D eigenvalue weighted by molar-refractivity contribution is 0.344. The molecule has 4 heteroatoms. The predicted molar refractivity (Wildman–Crippen MR) is 80.1 cm³/mol. The number of para-hydroxylation sites is 1. The number of hydrogen-bond donors (Lipinski definition) is 1. The molecule has 0 saturated heterocycles. The maximum absolute atomic E-state index is 5.69. The van der Waals surface area contributed by atoms with Crippen LogP contribution in [0.15, 0.2) is 53.4 Å². The zero-order chi connectivity index (χ0) is 13.5. The van der Waals surface area contributed by atoms with Crippen LogP contribution in [0.3, 0.4) is 0 Å². The third-order valence-corrected chi connectivity index (χ3v) is 3.56. The second kappa shape index (κ2) is 6.95. The van der Waals surface area contributed by atoms with Gasteiger partial charge in [-0.3, -0.25) is 0 Å². The van der Waals surface area contributed by atoms with Gasteiger partial charge in [-0.25, -0.2) is 0 Å². The van der Waals surface area contributed by atoms with E-state index in [-0.39, 0.29) is 0 Å². The minimum Gasteiger partial charge on any atom is -0.496 e. The molecule has 2 rings (SSSR count). The second-order valence-electron chi connectivity index (χ2n) is 3.92. The van der Waals surface area contributed by atoms with Crippen molar-refractivity contribution in [3.05, 3.63) is 48.5 Å². The molecule has 2 aromatic carbocycles. The maximum Gasteiger partial charge on any atom is 0.132 e. The van der Waals surface area contributed by atoms with E-state index < -0.39 is 0 Å². The van der Waals surface area contributed by atoms with Gasteiger partial charge in [0, 0.05) is 22.4 Å². The summed E-state index contributed by atoms with van der Waals surface area (Å²) in [6, 6.07) is 15.4. The number of rotatable bonds is 6. The Kier molecular flexibility index (Phi) is 4.98. The van der Waals surface area contributed by atoms with E-state index in [1.165, 1.54) is 0 Å². The van der Waals surface area contributed by atoms with Crippen LogP contribution in [0.25, 0.3) is 0 Å². The van der Waals surface area contributed by atoms with E-state index in [0.29, 0.717) is 6.61 Å². The summed E-state index contributed by atoms with van der Waals surface area (Å²) in [5, 5.41) is 0. The second-order valence-corrected chi connectivity index (χ2v) is 5.06. The number of thioether (sulfide) groups is 1. The summed E-state index contributed by atoms with van der Waals surface area (Å²) >= 11 is 1.71. The molecular formula is C15H17NO2S. The van der Waals surface area contributed by atoms with Gasteiger partial charge in [0.15, 0.2) is 0 Å². The Bertz CT molecular complexity index is 531. The van der Waals surface area contributed by atoms with Crippen LogP contribution < -0.4 is 15.2 Å². The van der Waals surface area contributed by atoms with E-state index in [1.54, 1.807) is 18.9 Å².